The summed E-state index contributed by atoms with van der Waals surface area (Å²) in [6, 6.07) is 5.02. The van der Waals surface area contributed by atoms with Gasteiger partial charge in [-0.2, -0.15) is 0 Å². The number of rotatable bonds is 4. The van der Waals surface area contributed by atoms with E-state index in [9.17, 15) is 5.11 Å². The van der Waals surface area contributed by atoms with Crippen LogP contribution in [0.3, 0.4) is 0 Å². The number of ether oxygens (including phenoxy) is 1. The molecule has 0 amide bonds. The Morgan fingerprint density at radius 1 is 1.47 bits per heavy atom. The van der Waals surface area contributed by atoms with Crippen molar-refractivity contribution in [1.82, 2.24) is 0 Å². The predicted molar refractivity (Wildman–Crippen MR) is 63.7 cm³/mol. The number of benzene rings is 1. The van der Waals surface area contributed by atoms with Gasteiger partial charge in [-0.3, -0.25) is 0 Å². The number of hydrogen-bond donors (Lipinski definition) is 2. The van der Waals surface area contributed by atoms with E-state index in [4.69, 9.17) is 10.5 Å². The standard InChI is InChI=1S/C11H17NO2.ClH/c1-3-4-10(12)9-6-5-8(13)7-11(9)14-2;/h5-7,10,13H,3-4,12H2,1-2H3;1H/t10-;/m0./s1. The first-order chi connectivity index (χ1) is 6.69. The van der Waals surface area contributed by atoms with Gasteiger partial charge in [0.1, 0.15) is 11.5 Å². The van der Waals surface area contributed by atoms with E-state index in [0.29, 0.717) is 5.75 Å². The molecule has 3 nitrogen and oxygen atoms in total. The number of halogens is 1. The van der Waals surface area contributed by atoms with Gasteiger partial charge < -0.3 is 15.6 Å². The average Bonchev–Trinajstić information content (AvgIpc) is 2.17. The maximum absolute atomic E-state index is 9.26. The van der Waals surface area contributed by atoms with Gasteiger partial charge in [-0.15, -0.1) is 12.4 Å². The molecule has 3 N–H and O–H groups in total. The molecule has 1 atom stereocenters. The van der Waals surface area contributed by atoms with Gasteiger partial charge in [0, 0.05) is 17.7 Å². The van der Waals surface area contributed by atoms with Gasteiger partial charge in [-0.1, -0.05) is 19.4 Å². The molecule has 0 heterocycles. The Morgan fingerprint density at radius 2 is 2.13 bits per heavy atom. The Balaban J connectivity index is 0.00000196. The monoisotopic (exact) mass is 231 g/mol. The van der Waals surface area contributed by atoms with Crippen molar-refractivity contribution >= 4 is 12.4 Å². The second-order valence-electron chi connectivity index (χ2n) is 3.32. The number of methoxy groups -OCH3 is 1. The zero-order valence-electron chi connectivity index (χ0n) is 9.06. The molecule has 0 unspecified atom stereocenters. The second-order valence-corrected chi connectivity index (χ2v) is 3.32. The lowest BCUT2D eigenvalue weighted by Crippen LogP contribution is -2.10. The van der Waals surface area contributed by atoms with Gasteiger partial charge in [-0.05, 0) is 12.5 Å². The Hall–Kier alpha value is -0.930. The van der Waals surface area contributed by atoms with Crippen LogP contribution in [0.1, 0.15) is 31.4 Å². The minimum absolute atomic E-state index is 0. The molecule has 1 aromatic carbocycles. The van der Waals surface area contributed by atoms with Crippen LogP contribution in [0, 0.1) is 0 Å². The molecule has 0 bridgehead atoms. The van der Waals surface area contributed by atoms with E-state index < -0.39 is 0 Å². The van der Waals surface area contributed by atoms with E-state index >= 15 is 0 Å². The molecule has 15 heavy (non-hydrogen) atoms. The SMILES string of the molecule is CCC[C@H](N)c1ccc(O)cc1OC.Cl. The molecule has 1 aromatic rings. The van der Waals surface area contributed by atoms with Crippen LogP contribution in [0.2, 0.25) is 0 Å². The Labute approximate surface area is 96.7 Å². The molecule has 1 rings (SSSR count). The summed E-state index contributed by atoms with van der Waals surface area (Å²) in [7, 11) is 1.58. The molecule has 0 aliphatic heterocycles. The van der Waals surface area contributed by atoms with E-state index in [0.717, 1.165) is 18.4 Å². The van der Waals surface area contributed by atoms with Crippen molar-refractivity contribution in [2.75, 3.05) is 7.11 Å². The first kappa shape index (κ1) is 14.1. The molecule has 0 aromatic heterocycles. The van der Waals surface area contributed by atoms with Crippen molar-refractivity contribution in [1.29, 1.82) is 0 Å². The summed E-state index contributed by atoms with van der Waals surface area (Å²) in [5.74, 6) is 0.861. The fourth-order valence-corrected chi connectivity index (χ4v) is 1.47. The fourth-order valence-electron chi connectivity index (χ4n) is 1.47. The summed E-state index contributed by atoms with van der Waals surface area (Å²) in [6.45, 7) is 2.09. The highest BCUT2D eigenvalue weighted by atomic mass is 35.5. The van der Waals surface area contributed by atoms with Crippen LogP contribution in [0.5, 0.6) is 11.5 Å². The lowest BCUT2D eigenvalue weighted by Gasteiger charge is -2.14. The minimum atomic E-state index is -0.0180. The first-order valence-corrected chi connectivity index (χ1v) is 4.81. The normalized spacial score (nSPS) is 11.7. The largest absolute Gasteiger partial charge is 0.508 e. The van der Waals surface area contributed by atoms with Gasteiger partial charge >= 0.3 is 0 Å². The van der Waals surface area contributed by atoms with Crippen LogP contribution in [0.15, 0.2) is 18.2 Å². The zero-order valence-corrected chi connectivity index (χ0v) is 9.88. The van der Waals surface area contributed by atoms with Gasteiger partial charge in [0.05, 0.1) is 7.11 Å². The Kier molecular flexibility index (Phi) is 6.13. The van der Waals surface area contributed by atoms with Gasteiger partial charge in [-0.25, -0.2) is 0 Å². The maximum Gasteiger partial charge on any atom is 0.127 e. The third-order valence-corrected chi connectivity index (χ3v) is 2.22. The molecular weight excluding hydrogens is 214 g/mol. The van der Waals surface area contributed by atoms with E-state index in [2.05, 4.69) is 6.92 Å². The molecule has 0 radical (unpaired) electrons. The number of nitrogens with two attached hydrogens (primary N) is 1. The van der Waals surface area contributed by atoms with Crippen molar-refractivity contribution < 1.29 is 9.84 Å². The smallest absolute Gasteiger partial charge is 0.127 e. The number of hydrogen-bond acceptors (Lipinski definition) is 3. The molecule has 86 valence electrons. The summed E-state index contributed by atoms with van der Waals surface area (Å²) in [5.41, 5.74) is 6.92. The third-order valence-electron chi connectivity index (χ3n) is 2.22. The highest BCUT2D eigenvalue weighted by Gasteiger charge is 2.11. The fraction of sp³-hybridized carbons (Fsp3) is 0.455. The molecule has 4 heteroatoms. The van der Waals surface area contributed by atoms with E-state index in [1.165, 1.54) is 0 Å². The number of phenols is 1. The van der Waals surface area contributed by atoms with Crippen LogP contribution in [-0.4, -0.2) is 12.2 Å². The molecule has 0 fully saturated rings. The lowest BCUT2D eigenvalue weighted by molar-refractivity contribution is 0.397. The molecule has 0 saturated carbocycles. The molecule has 0 aliphatic rings. The predicted octanol–water partition coefficient (Wildman–Crippen LogP) is 2.62. The number of aromatic hydroxyl groups is 1. The van der Waals surface area contributed by atoms with Gasteiger partial charge in [0.2, 0.25) is 0 Å². The minimum Gasteiger partial charge on any atom is -0.508 e. The number of phenolic OH excluding ortho intramolecular Hbond substituents is 1. The van der Waals surface area contributed by atoms with E-state index in [-0.39, 0.29) is 24.2 Å². The summed E-state index contributed by atoms with van der Waals surface area (Å²) in [5, 5.41) is 9.26. The van der Waals surface area contributed by atoms with Gasteiger partial charge in [0.15, 0.2) is 0 Å². The highest BCUT2D eigenvalue weighted by Crippen LogP contribution is 2.29. The third kappa shape index (κ3) is 3.61. The van der Waals surface area contributed by atoms with Gasteiger partial charge in [0.25, 0.3) is 0 Å². The highest BCUT2D eigenvalue weighted by molar-refractivity contribution is 5.85. The molecular formula is C11H18ClNO2. The quantitative estimate of drug-likeness (QED) is 0.838. The maximum atomic E-state index is 9.26. The van der Waals surface area contributed by atoms with Crippen molar-refractivity contribution in [3.63, 3.8) is 0 Å². The van der Waals surface area contributed by atoms with Crippen molar-refractivity contribution in [3.8, 4) is 11.5 Å². The lowest BCUT2D eigenvalue weighted by atomic mass is 10.0. The average molecular weight is 232 g/mol. The van der Waals surface area contributed by atoms with Crippen molar-refractivity contribution in [2.24, 2.45) is 5.73 Å². The first-order valence-electron chi connectivity index (χ1n) is 4.81. The summed E-state index contributed by atoms with van der Waals surface area (Å²) < 4.78 is 5.15. The van der Waals surface area contributed by atoms with Crippen LogP contribution in [0.25, 0.3) is 0 Å². The molecule has 0 spiro atoms. The summed E-state index contributed by atoms with van der Waals surface area (Å²) in [4.78, 5) is 0. The summed E-state index contributed by atoms with van der Waals surface area (Å²) in [6.07, 6.45) is 1.95. The van der Waals surface area contributed by atoms with E-state index in [1.807, 2.05) is 6.07 Å². The van der Waals surface area contributed by atoms with Crippen LogP contribution >= 0.6 is 12.4 Å². The van der Waals surface area contributed by atoms with Crippen LogP contribution < -0.4 is 10.5 Å². The second kappa shape index (κ2) is 6.53. The van der Waals surface area contributed by atoms with E-state index in [1.54, 1.807) is 19.2 Å². The van der Waals surface area contributed by atoms with Crippen LogP contribution in [0.4, 0.5) is 0 Å². The topological polar surface area (TPSA) is 55.5 Å². The van der Waals surface area contributed by atoms with Crippen molar-refractivity contribution in [3.05, 3.63) is 23.8 Å². The Morgan fingerprint density at radius 3 is 2.67 bits per heavy atom. The summed E-state index contributed by atoms with van der Waals surface area (Å²) >= 11 is 0. The molecule has 0 saturated heterocycles. The molecule has 0 aliphatic carbocycles. The van der Waals surface area contributed by atoms with Crippen molar-refractivity contribution in [2.45, 2.75) is 25.8 Å². The Bertz CT molecular complexity index is 305. The van der Waals surface area contributed by atoms with Crippen LogP contribution in [-0.2, 0) is 0 Å². The zero-order chi connectivity index (χ0) is 10.6.